The molecule has 0 unspecified atom stereocenters. The summed E-state index contributed by atoms with van der Waals surface area (Å²) in [6.45, 7) is 0.0533. The molecule has 0 bridgehead atoms. The van der Waals surface area contributed by atoms with E-state index in [1.807, 2.05) is 0 Å². The Bertz CT molecular complexity index is 927. The van der Waals surface area contributed by atoms with Crippen LogP contribution in [-0.2, 0) is 13.6 Å². The number of ether oxygens (including phenoxy) is 1. The highest BCUT2D eigenvalue weighted by atomic mass is 16.5. The minimum Gasteiger partial charge on any atom is -0.497 e. The van der Waals surface area contributed by atoms with Crippen LogP contribution in [0.1, 0.15) is 26.5 Å². The van der Waals surface area contributed by atoms with Gasteiger partial charge in [0.25, 0.3) is 5.91 Å². The number of hydrogen-bond donors (Lipinski definition) is 2. The maximum atomic E-state index is 12.4. The molecule has 3 rings (SSSR count). The Morgan fingerprint density at radius 3 is 2.88 bits per heavy atom. The number of carboxylic acids is 1. The first-order valence-corrected chi connectivity index (χ1v) is 7.04. The van der Waals surface area contributed by atoms with Crippen molar-refractivity contribution in [3.63, 3.8) is 0 Å². The first-order valence-electron chi connectivity index (χ1n) is 7.04. The maximum Gasteiger partial charge on any atom is 0.354 e. The summed E-state index contributed by atoms with van der Waals surface area (Å²) in [4.78, 5) is 27.7. The molecule has 3 heterocycles. The van der Waals surface area contributed by atoms with Gasteiger partial charge in [0.15, 0.2) is 5.69 Å². The third-order valence-corrected chi connectivity index (χ3v) is 3.61. The average Bonchev–Trinajstić information content (AvgIpc) is 3.15. The molecule has 0 saturated heterocycles. The van der Waals surface area contributed by atoms with E-state index < -0.39 is 5.97 Å². The van der Waals surface area contributed by atoms with E-state index in [1.165, 1.54) is 24.1 Å². The summed E-state index contributed by atoms with van der Waals surface area (Å²) in [7, 11) is 3.09. The predicted molar refractivity (Wildman–Crippen MR) is 83.1 cm³/mol. The lowest BCUT2D eigenvalue weighted by Crippen LogP contribution is -2.25. The van der Waals surface area contributed by atoms with Gasteiger partial charge >= 0.3 is 5.97 Å². The summed E-state index contributed by atoms with van der Waals surface area (Å²) in [5, 5.41) is 15.8. The molecule has 1 amide bonds. The quantitative estimate of drug-likeness (QED) is 0.713. The summed E-state index contributed by atoms with van der Waals surface area (Å²) in [6, 6.07) is 3.43. The summed E-state index contributed by atoms with van der Waals surface area (Å²) in [5.41, 5.74) is 1.38. The number of carboxylic acid groups (broad SMARTS) is 1. The van der Waals surface area contributed by atoms with Gasteiger partial charge in [-0.2, -0.15) is 5.10 Å². The van der Waals surface area contributed by atoms with Crippen LogP contribution in [0.4, 0.5) is 0 Å². The van der Waals surface area contributed by atoms with Gasteiger partial charge in [0, 0.05) is 31.4 Å². The van der Waals surface area contributed by atoms with Crippen LogP contribution < -0.4 is 10.1 Å². The second-order valence-corrected chi connectivity index (χ2v) is 5.07. The third-order valence-electron chi connectivity index (χ3n) is 3.61. The van der Waals surface area contributed by atoms with Gasteiger partial charge in [-0.15, -0.1) is 0 Å². The molecule has 3 aromatic rings. The van der Waals surface area contributed by atoms with E-state index >= 15 is 0 Å². The number of carbonyl (C=O) groups excluding carboxylic acids is 1. The van der Waals surface area contributed by atoms with E-state index in [9.17, 15) is 14.7 Å². The van der Waals surface area contributed by atoms with Crippen molar-refractivity contribution in [1.29, 1.82) is 0 Å². The van der Waals surface area contributed by atoms with Gasteiger partial charge in [0.2, 0.25) is 0 Å². The Hall–Kier alpha value is -3.36. The van der Waals surface area contributed by atoms with E-state index in [2.05, 4.69) is 15.4 Å². The van der Waals surface area contributed by atoms with Crippen molar-refractivity contribution < 1.29 is 19.4 Å². The minimum absolute atomic E-state index is 0.0400. The van der Waals surface area contributed by atoms with Crippen LogP contribution >= 0.6 is 0 Å². The number of hydrogen-bond acceptors (Lipinski definition) is 5. The summed E-state index contributed by atoms with van der Waals surface area (Å²) in [6.07, 6.45) is 4.55. The number of fused-ring (bicyclic) bond motifs is 1. The number of imidazole rings is 1. The zero-order valence-corrected chi connectivity index (χ0v) is 13.1. The van der Waals surface area contributed by atoms with Crippen LogP contribution in [0.25, 0.3) is 5.65 Å². The Kier molecular flexibility index (Phi) is 3.90. The number of methoxy groups -OCH3 is 1. The number of aryl methyl sites for hydroxylation is 1. The van der Waals surface area contributed by atoms with Gasteiger partial charge in [-0.05, 0) is 6.07 Å². The lowest BCUT2D eigenvalue weighted by Gasteiger charge is -2.06. The van der Waals surface area contributed by atoms with Crippen molar-refractivity contribution in [2.45, 2.75) is 6.54 Å². The second kappa shape index (κ2) is 6.03. The number of nitrogens with one attached hydrogen (secondary N) is 1. The largest absolute Gasteiger partial charge is 0.497 e. The fraction of sp³-hybridized carbons (Fsp3) is 0.200. The fourth-order valence-corrected chi connectivity index (χ4v) is 2.41. The molecule has 0 aromatic carbocycles. The number of aromatic nitrogens is 4. The van der Waals surface area contributed by atoms with E-state index in [4.69, 9.17) is 4.74 Å². The van der Waals surface area contributed by atoms with Crippen LogP contribution in [-0.4, -0.2) is 43.3 Å². The van der Waals surface area contributed by atoms with Crippen LogP contribution in [0.15, 0.2) is 30.7 Å². The second-order valence-electron chi connectivity index (χ2n) is 5.07. The molecule has 0 spiro atoms. The van der Waals surface area contributed by atoms with E-state index in [-0.39, 0.29) is 18.1 Å². The number of carbonyl (C=O) groups is 2. The zero-order chi connectivity index (χ0) is 17.3. The standard InChI is InChI=1S/C15H15N5O4/c1-19-13(15(22)23)9(7-18-19)6-17-14(21)11-8-16-12-5-10(24-2)3-4-20(11)12/h3-5,7-8H,6H2,1-2H3,(H,17,21)(H,22,23). The highest BCUT2D eigenvalue weighted by Crippen LogP contribution is 2.15. The lowest BCUT2D eigenvalue weighted by molar-refractivity contribution is 0.0682. The molecule has 9 heteroatoms. The van der Waals surface area contributed by atoms with Crippen molar-refractivity contribution in [3.05, 3.63) is 47.7 Å². The van der Waals surface area contributed by atoms with Gasteiger partial charge < -0.3 is 15.2 Å². The zero-order valence-electron chi connectivity index (χ0n) is 13.1. The van der Waals surface area contributed by atoms with Crippen molar-refractivity contribution in [2.75, 3.05) is 7.11 Å². The normalized spacial score (nSPS) is 10.8. The number of pyridine rings is 1. The molecule has 0 aliphatic heterocycles. The van der Waals surface area contributed by atoms with Crippen molar-refractivity contribution in [3.8, 4) is 5.75 Å². The lowest BCUT2D eigenvalue weighted by atomic mass is 10.2. The molecule has 9 nitrogen and oxygen atoms in total. The average molecular weight is 329 g/mol. The highest BCUT2D eigenvalue weighted by molar-refractivity contribution is 5.93. The van der Waals surface area contributed by atoms with Crippen molar-refractivity contribution >= 4 is 17.5 Å². The van der Waals surface area contributed by atoms with E-state index in [1.54, 1.807) is 29.8 Å². The minimum atomic E-state index is -1.10. The van der Waals surface area contributed by atoms with Crippen LogP contribution in [0.5, 0.6) is 5.75 Å². The van der Waals surface area contributed by atoms with Gasteiger partial charge in [-0.1, -0.05) is 0 Å². The molecular formula is C15H15N5O4. The number of amides is 1. The summed E-state index contributed by atoms with van der Waals surface area (Å²) < 4.78 is 8.00. The van der Waals surface area contributed by atoms with Gasteiger partial charge in [-0.25, -0.2) is 9.78 Å². The van der Waals surface area contributed by atoms with E-state index in [0.717, 1.165) is 0 Å². The molecule has 0 atom stereocenters. The first-order chi connectivity index (χ1) is 11.5. The molecule has 124 valence electrons. The first kappa shape index (κ1) is 15.5. The molecule has 0 aliphatic rings. The predicted octanol–water partition coefficient (Wildman–Crippen LogP) is 0.705. The van der Waals surface area contributed by atoms with Crippen molar-refractivity contribution in [1.82, 2.24) is 24.5 Å². The highest BCUT2D eigenvalue weighted by Gasteiger charge is 2.18. The molecule has 0 fully saturated rings. The molecule has 0 radical (unpaired) electrons. The number of aromatic carboxylic acids is 1. The van der Waals surface area contributed by atoms with Crippen LogP contribution in [0.2, 0.25) is 0 Å². The molecule has 2 N–H and O–H groups in total. The Balaban J connectivity index is 1.80. The van der Waals surface area contributed by atoms with Gasteiger partial charge in [0.1, 0.15) is 17.1 Å². The fourth-order valence-electron chi connectivity index (χ4n) is 2.41. The summed E-state index contributed by atoms with van der Waals surface area (Å²) in [5.74, 6) is -0.824. The third kappa shape index (κ3) is 2.67. The Morgan fingerprint density at radius 1 is 1.38 bits per heavy atom. The Morgan fingerprint density at radius 2 is 2.17 bits per heavy atom. The molecule has 3 aromatic heterocycles. The van der Waals surface area contributed by atoms with Gasteiger partial charge in [0.05, 0.1) is 19.5 Å². The smallest absolute Gasteiger partial charge is 0.354 e. The summed E-state index contributed by atoms with van der Waals surface area (Å²) >= 11 is 0. The molecule has 0 aliphatic carbocycles. The maximum absolute atomic E-state index is 12.4. The van der Waals surface area contributed by atoms with Crippen molar-refractivity contribution in [2.24, 2.45) is 7.05 Å². The molecule has 24 heavy (non-hydrogen) atoms. The number of nitrogens with zero attached hydrogens (tertiary/aromatic N) is 4. The monoisotopic (exact) mass is 329 g/mol. The topological polar surface area (TPSA) is 111 Å². The molecule has 0 saturated carbocycles. The van der Waals surface area contributed by atoms with Crippen LogP contribution in [0.3, 0.4) is 0 Å². The SMILES string of the molecule is COc1ccn2c(C(=O)NCc3cnn(C)c3C(=O)O)cnc2c1. The van der Waals surface area contributed by atoms with Crippen LogP contribution in [0, 0.1) is 0 Å². The number of rotatable bonds is 5. The van der Waals surface area contributed by atoms with E-state index in [0.29, 0.717) is 22.7 Å². The van der Waals surface area contributed by atoms with Gasteiger partial charge in [-0.3, -0.25) is 13.9 Å². The Labute approximate surface area is 136 Å². The molecular weight excluding hydrogens is 314 g/mol.